The van der Waals surface area contributed by atoms with Crippen molar-refractivity contribution in [2.24, 2.45) is 5.73 Å². The molecule has 21 heavy (non-hydrogen) atoms. The summed E-state index contributed by atoms with van der Waals surface area (Å²) in [5.74, 6) is 0.256. The van der Waals surface area contributed by atoms with Gasteiger partial charge < -0.3 is 10.3 Å². The minimum atomic E-state index is -3.53. The highest BCUT2D eigenvalue weighted by Crippen LogP contribution is 2.12. The average molecular weight is 325 g/mol. The molecular weight excluding hydrogens is 310 g/mol. The van der Waals surface area contributed by atoms with E-state index >= 15 is 0 Å². The molecule has 1 heterocycles. The molecule has 0 radical (unpaired) electrons. The van der Waals surface area contributed by atoms with Crippen LogP contribution in [-0.4, -0.2) is 18.6 Å². The fraction of sp³-hybridized carbons (Fsp3) is 0.231. The molecule has 0 saturated heterocycles. The number of rotatable bonds is 6. The third-order valence-corrected chi connectivity index (χ3v) is 4.27. The van der Waals surface area contributed by atoms with Crippen LogP contribution in [0.5, 0.6) is 0 Å². The van der Waals surface area contributed by atoms with Gasteiger partial charge in [-0.25, -0.2) is 13.1 Å². The van der Waals surface area contributed by atoms with E-state index in [1.54, 1.807) is 37.3 Å². The number of aromatic nitrogens is 1. The highest BCUT2D eigenvalue weighted by Gasteiger charge is 2.15. The van der Waals surface area contributed by atoms with E-state index in [0.29, 0.717) is 22.6 Å². The number of benzene rings is 1. The average Bonchev–Trinajstić information content (AvgIpc) is 2.82. The molecule has 112 valence electrons. The SMILES string of the molecule is Cc1cc(CNS(=O)(=O)Cc2ccccc2C(N)=S)on1. The van der Waals surface area contributed by atoms with Crippen LogP contribution in [-0.2, 0) is 22.3 Å². The van der Waals surface area contributed by atoms with Crippen molar-refractivity contribution in [2.75, 3.05) is 0 Å². The molecule has 6 nitrogen and oxygen atoms in total. The van der Waals surface area contributed by atoms with E-state index in [9.17, 15) is 8.42 Å². The molecule has 8 heteroatoms. The van der Waals surface area contributed by atoms with Crippen LogP contribution in [0, 0.1) is 6.92 Å². The third-order valence-electron chi connectivity index (χ3n) is 2.77. The minimum Gasteiger partial charge on any atom is -0.389 e. The van der Waals surface area contributed by atoms with Gasteiger partial charge in [0.25, 0.3) is 0 Å². The maximum atomic E-state index is 12.1. The summed E-state index contributed by atoms with van der Waals surface area (Å²) < 4.78 is 31.6. The van der Waals surface area contributed by atoms with Crippen LogP contribution in [0.25, 0.3) is 0 Å². The number of nitrogens with one attached hydrogen (secondary N) is 1. The molecule has 0 atom stereocenters. The zero-order valence-electron chi connectivity index (χ0n) is 11.4. The Balaban J connectivity index is 2.09. The molecule has 1 aromatic heterocycles. The molecule has 0 bridgehead atoms. The zero-order chi connectivity index (χ0) is 15.5. The van der Waals surface area contributed by atoms with Crippen LogP contribution in [0.1, 0.15) is 22.6 Å². The van der Waals surface area contributed by atoms with E-state index in [-0.39, 0.29) is 17.3 Å². The summed E-state index contributed by atoms with van der Waals surface area (Å²) >= 11 is 4.92. The highest BCUT2D eigenvalue weighted by atomic mass is 32.2. The summed E-state index contributed by atoms with van der Waals surface area (Å²) in [7, 11) is -3.53. The van der Waals surface area contributed by atoms with E-state index < -0.39 is 10.0 Å². The lowest BCUT2D eigenvalue weighted by molar-refractivity contribution is 0.377. The molecule has 2 aromatic rings. The number of hydrogen-bond acceptors (Lipinski definition) is 5. The van der Waals surface area contributed by atoms with Crippen molar-refractivity contribution in [3.63, 3.8) is 0 Å². The maximum Gasteiger partial charge on any atom is 0.216 e. The molecule has 0 aliphatic heterocycles. The Bertz CT molecular complexity index is 754. The van der Waals surface area contributed by atoms with Crippen LogP contribution in [0.4, 0.5) is 0 Å². The number of nitrogens with zero attached hydrogens (tertiary/aromatic N) is 1. The molecule has 0 aliphatic carbocycles. The van der Waals surface area contributed by atoms with E-state index in [1.807, 2.05) is 0 Å². The molecule has 3 N–H and O–H groups in total. The van der Waals surface area contributed by atoms with E-state index in [2.05, 4.69) is 9.88 Å². The second-order valence-electron chi connectivity index (χ2n) is 4.54. The lowest BCUT2D eigenvalue weighted by atomic mass is 10.1. The van der Waals surface area contributed by atoms with Crippen molar-refractivity contribution in [3.8, 4) is 0 Å². The molecule has 2 rings (SSSR count). The Labute approximate surface area is 128 Å². The molecule has 0 fully saturated rings. The van der Waals surface area contributed by atoms with Gasteiger partial charge in [0.1, 0.15) is 4.99 Å². The third kappa shape index (κ3) is 4.35. The van der Waals surface area contributed by atoms with Gasteiger partial charge in [-0.05, 0) is 12.5 Å². The lowest BCUT2D eigenvalue weighted by Crippen LogP contribution is -2.25. The van der Waals surface area contributed by atoms with Gasteiger partial charge in [-0.3, -0.25) is 0 Å². The zero-order valence-corrected chi connectivity index (χ0v) is 13.0. The van der Waals surface area contributed by atoms with Crippen LogP contribution < -0.4 is 10.5 Å². The first-order valence-corrected chi connectivity index (χ1v) is 8.21. The summed E-state index contributed by atoms with van der Waals surface area (Å²) in [5, 5.41) is 3.70. The second-order valence-corrected chi connectivity index (χ2v) is 6.78. The van der Waals surface area contributed by atoms with Crippen molar-refractivity contribution in [1.29, 1.82) is 0 Å². The van der Waals surface area contributed by atoms with E-state index in [0.717, 1.165) is 0 Å². The van der Waals surface area contributed by atoms with Gasteiger partial charge >= 0.3 is 0 Å². The van der Waals surface area contributed by atoms with Crippen molar-refractivity contribution in [3.05, 3.63) is 52.9 Å². The van der Waals surface area contributed by atoms with Crippen molar-refractivity contribution >= 4 is 27.2 Å². The molecule has 1 aromatic carbocycles. The van der Waals surface area contributed by atoms with E-state index in [1.165, 1.54) is 0 Å². The van der Waals surface area contributed by atoms with Gasteiger partial charge in [0, 0.05) is 11.6 Å². The first-order valence-electron chi connectivity index (χ1n) is 6.14. The minimum absolute atomic E-state index is 0.0540. The first-order chi connectivity index (χ1) is 9.87. The van der Waals surface area contributed by atoms with Gasteiger partial charge in [-0.1, -0.05) is 41.6 Å². The quantitative estimate of drug-likeness (QED) is 0.775. The standard InChI is InChI=1S/C13H15N3O3S2/c1-9-6-11(19-16-9)7-15-21(17,18)8-10-4-2-3-5-12(10)13(14)20/h2-6,15H,7-8H2,1H3,(H2,14,20). The lowest BCUT2D eigenvalue weighted by Gasteiger charge is -2.09. The topological polar surface area (TPSA) is 98.2 Å². The van der Waals surface area contributed by atoms with Crippen molar-refractivity contribution in [2.45, 2.75) is 19.2 Å². The van der Waals surface area contributed by atoms with Crippen LogP contribution in [0.3, 0.4) is 0 Å². The second kappa shape index (κ2) is 6.33. The summed E-state index contributed by atoms with van der Waals surface area (Å²) in [6, 6.07) is 8.56. The smallest absolute Gasteiger partial charge is 0.216 e. The summed E-state index contributed by atoms with van der Waals surface area (Å²) in [6.45, 7) is 1.82. The van der Waals surface area contributed by atoms with Crippen LogP contribution in [0.2, 0.25) is 0 Å². The number of hydrogen-bond donors (Lipinski definition) is 2. The normalized spacial score (nSPS) is 11.5. The predicted octanol–water partition coefficient (Wildman–Crippen LogP) is 1.24. The Morgan fingerprint density at radius 1 is 1.43 bits per heavy atom. The molecule has 0 unspecified atom stereocenters. The number of thiocarbonyl (C=S) groups is 1. The van der Waals surface area contributed by atoms with Crippen molar-refractivity contribution < 1.29 is 12.9 Å². The van der Waals surface area contributed by atoms with Crippen LogP contribution in [0.15, 0.2) is 34.9 Å². The Hall–Kier alpha value is -1.77. The number of sulfonamides is 1. The number of nitrogens with two attached hydrogens (primary N) is 1. The van der Waals surface area contributed by atoms with E-state index in [4.69, 9.17) is 22.5 Å². The highest BCUT2D eigenvalue weighted by molar-refractivity contribution is 7.88. The Morgan fingerprint density at radius 3 is 2.76 bits per heavy atom. The van der Waals surface area contributed by atoms with Gasteiger partial charge in [0.05, 0.1) is 18.0 Å². The number of aryl methyl sites for hydroxylation is 1. The molecule has 0 aliphatic rings. The molecule has 0 spiro atoms. The molecular formula is C13H15N3O3S2. The maximum absolute atomic E-state index is 12.1. The van der Waals surface area contributed by atoms with Gasteiger partial charge in [-0.2, -0.15) is 0 Å². The first kappa shape index (κ1) is 15.6. The largest absolute Gasteiger partial charge is 0.389 e. The Morgan fingerprint density at radius 2 is 2.14 bits per heavy atom. The van der Waals surface area contributed by atoms with Gasteiger partial charge in [0.2, 0.25) is 10.0 Å². The summed E-state index contributed by atoms with van der Waals surface area (Å²) in [4.78, 5) is 0.173. The van der Waals surface area contributed by atoms with Crippen molar-refractivity contribution in [1.82, 2.24) is 9.88 Å². The summed E-state index contributed by atoms with van der Waals surface area (Å²) in [6.07, 6.45) is 0. The molecule has 0 saturated carbocycles. The molecule has 0 amide bonds. The predicted molar refractivity (Wildman–Crippen MR) is 83.0 cm³/mol. The van der Waals surface area contributed by atoms with Crippen LogP contribution >= 0.6 is 12.2 Å². The summed E-state index contributed by atoms with van der Waals surface area (Å²) in [5.41, 5.74) is 7.42. The van der Waals surface area contributed by atoms with Gasteiger partial charge in [0.15, 0.2) is 5.76 Å². The Kier molecular flexibility index (Phi) is 4.71. The van der Waals surface area contributed by atoms with Gasteiger partial charge in [-0.15, -0.1) is 0 Å². The fourth-order valence-electron chi connectivity index (χ4n) is 1.82. The fourth-order valence-corrected chi connectivity index (χ4v) is 3.15. The monoisotopic (exact) mass is 325 g/mol.